The Morgan fingerprint density at radius 2 is 2.07 bits per heavy atom. The zero-order valence-corrected chi connectivity index (χ0v) is 16.7. The lowest BCUT2D eigenvalue weighted by Gasteiger charge is -2.26. The zero-order chi connectivity index (χ0) is 20.2. The van der Waals surface area contributed by atoms with E-state index in [-0.39, 0.29) is 17.9 Å². The monoisotopic (exact) mass is 391 g/mol. The number of likely N-dealkylation sites (tertiary alicyclic amines) is 1. The summed E-state index contributed by atoms with van der Waals surface area (Å²) in [6.45, 7) is 2.76. The SMILES string of the molecule is CC[C@H](C(=O)N1CCC[C@@H]1c1nc(-c2cccc(OC)c2)no1)c1ccccc1. The number of rotatable bonds is 6. The third-order valence-corrected chi connectivity index (χ3v) is 5.50. The van der Waals surface area contributed by atoms with Crippen molar-refractivity contribution in [3.63, 3.8) is 0 Å². The number of nitrogens with zero attached hydrogens (tertiary/aromatic N) is 3. The van der Waals surface area contributed by atoms with Gasteiger partial charge in [-0.05, 0) is 37.0 Å². The summed E-state index contributed by atoms with van der Waals surface area (Å²) >= 11 is 0. The molecule has 0 saturated carbocycles. The maximum absolute atomic E-state index is 13.3. The fourth-order valence-corrected chi connectivity index (χ4v) is 3.98. The summed E-state index contributed by atoms with van der Waals surface area (Å²) in [5.74, 6) is 1.71. The van der Waals surface area contributed by atoms with Crippen LogP contribution in [0.25, 0.3) is 11.4 Å². The van der Waals surface area contributed by atoms with E-state index in [1.807, 2.05) is 66.4 Å². The summed E-state index contributed by atoms with van der Waals surface area (Å²) in [7, 11) is 1.62. The number of carbonyl (C=O) groups is 1. The summed E-state index contributed by atoms with van der Waals surface area (Å²) < 4.78 is 10.9. The predicted molar refractivity (Wildman–Crippen MR) is 109 cm³/mol. The summed E-state index contributed by atoms with van der Waals surface area (Å²) in [6, 6.07) is 17.3. The summed E-state index contributed by atoms with van der Waals surface area (Å²) in [5, 5.41) is 4.14. The van der Waals surface area contributed by atoms with Crippen molar-refractivity contribution in [2.24, 2.45) is 0 Å². The van der Waals surface area contributed by atoms with E-state index in [0.717, 1.165) is 36.1 Å². The Morgan fingerprint density at radius 1 is 1.24 bits per heavy atom. The molecule has 0 aliphatic carbocycles. The molecule has 0 radical (unpaired) electrons. The van der Waals surface area contributed by atoms with Gasteiger partial charge in [0.05, 0.1) is 13.0 Å². The van der Waals surface area contributed by atoms with Gasteiger partial charge in [0.2, 0.25) is 17.6 Å². The van der Waals surface area contributed by atoms with Crippen LogP contribution in [-0.2, 0) is 4.79 Å². The molecule has 2 heterocycles. The molecular formula is C23H25N3O3. The van der Waals surface area contributed by atoms with E-state index in [1.165, 1.54) is 0 Å². The normalized spacial score (nSPS) is 17.3. The van der Waals surface area contributed by atoms with Gasteiger partial charge >= 0.3 is 0 Å². The van der Waals surface area contributed by atoms with Crippen LogP contribution in [0.1, 0.15) is 49.6 Å². The van der Waals surface area contributed by atoms with Crippen molar-refractivity contribution in [3.05, 3.63) is 66.1 Å². The molecular weight excluding hydrogens is 366 g/mol. The van der Waals surface area contributed by atoms with Gasteiger partial charge in [-0.15, -0.1) is 0 Å². The maximum atomic E-state index is 13.3. The largest absolute Gasteiger partial charge is 0.497 e. The molecule has 0 spiro atoms. The van der Waals surface area contributed by atoms with Crippen LogP contribution in [0, 0.1) is 0 Å². The van der Waals surface area contributed by atoms with Gasteiger partial charge in [-0.3, -0.25) is 4.79 Å². The molecule has 29 heavy (non-hydrogen) atoms. The minimum atomic E-state index is -0.174. The van der Waals surface area contributed by atoms with Crippen molar-refractivity contribution >= 4 is 5.91 Å². The summed E-state index contributed by atoms with van der Waals surface area (Å²) in [4.78, 5) is 19.8. The van der Waals surface area contributed by atoms with Crippen molar-refractivity contribution in [1.82, 2.24) is 15.0 Å². The van der Waals surface area contributed by atoms with Gasteiger partial charge in [0, 0.05) is 12.1 Å². The standard InChI is InChI=1S/C23H25N3O3/c1-3-19(16-9-5-4-6-10-16)23(27)26-14-8-13-20(26)22-24-21(25-29-22)17-11-7-12-18(15-17)28-2/h4-7,9-12,15,19-20H,3,8,13-14H2,1-2H3/t19-,20+/m0/s1. The highest BCUT2D eigenvalue weighted by atomic mass is 16.5. The third-order valence-electron chi connectivity index (χ3n) is 5.50. The van der Waals surface area contributed by atoms with Gasteiger partial charge in [-0.25, -0.2) is 0 Å². The van der Waals surface area contributed by atoms with Crippen LogP contribution in [0.4, 0.5) is 0 Å². The Balaban J connectivity index is 1.57. The number of aromatic nitrogens is 2. The number of ether oxygens (including phenoxy) is 1. The number of methoxy groups -OCH3 is 1. The second-order valence-electron chi connectivity index (χ2n) is 7.25. The number of hydrogen-bond donors (Lipinski definition) is 0. The zero-order valence-electron chi connectivity index (χ0n) is 16.7. The van der Waals surface area contributed by atoms with E-state index < -0.39 is 0 Å². The van der Waals surface area contributed by atoms with Gasteiger partial charge in [0.25, 0.3) is 0 Å². The minimum Gasteiger partial charge on any atom is -0.497 e. The Kier molecular flexibility index (Phi) is 5.60. The molecule has 3 aromatic rings. The van der Waals surface area contributed by atoms with E-state index in [0.29, 0.717) is 18.3 Å². The molecule has 1 amide bonds. The molecule has 1 aliphatic rings. The van der Waals surface area contributed by atoms with E-state index in [2.05, 4.69) is 10.1 Å². The lowest BCUT2D eigenvalue weighted by atomic mass is 9.94. The van der Waals surface area contributed by atoms with E-state index in [4.69, 9.17) is 9.26 Å². The highest BCUT2D eigenvalue weighted by Crippen LogP contribution is 2.35. The fraction of sp³-hybridized carbons (Fsp3) is 0.348. The smallest absolute Gasteiger partial charge is 0.249 e. The lowest BCUT2D eigenvalue weighted by Crippen LogP contribution is -2.34. The number of amides is 1. The van der Waals surface area contributed by atoms with Gasteiger partial charge in [0.15, 0.2) is 0 Å². The first kappa shape index (κ1) is 19.2. The topological polar surface area (TPSA) is 68.5 Å². The van der Waals surface area contributed by atoms with Gasteiger partial charge in [-0.2, -0.15) is 4.98 Å². The predicted octanol–water partition coefficient (Wildman–Crippen LogP) is 4.60. The average molecular weight is 391 g/mol. The molecule has 1 fully saturated rings. The van der Waals surface area contributed by atoms with Crippen LogP contribution in [0.3, 0.4) is 0 Å². The van der Waals surface area contributed by atoms with E-state index >= 15 is 0 Å². The average Bonchev–Trinajstić information content (AvgIpc) is 3.44. The van der Waals surface area contributed by atoms with Crippen molar-refractivity contribution in [3.8, 4) is 17.1 Å². The van der Waals surface area contributed by atoms with Crippen LogP contribution in [-0.4, -0.2) is 34.6 Å². The van der Waals surface area contributed by atoms with Gasteiger partial charge < -0.3 is 14.2 Å². The van der Waals surface area contributed by atoms with Crippen molar-refractivity contribution in [2.45, 2.75) is 38.1 Å². The lowest BCUT2D eigenvalue weighted by molar-refractivity contribution is -0.134. The fourth-order valence-electron chi connectivity index (χ4n) is 3.98. The Labute approximate surface area is 170 Å². The first-order chi connectivity index (χ1) is 14.2. The van der Waals surface area contributed by atoms with Crippen LogP contribution < -0.4 is 4.74 Å². The molecule has 0 bridgehead atoms. The Bertz CT molecular complexity index is 970. The molecule has 4 rings (SSSR count). The second kappa shape index (κ2) is 8.47. The summed E-state index contributed by atoms with van der Waals surface area (Å²) in [5.41, 5.74) is 1.87. The van der Waals surface area contributed by atoms with E-state index in [1.54, 1.807) is 7.11 Å². The number of hydrogen-bond acceptors (Lipinski definition) is 5. The summed E-state index contributed by atoms with van der Waals surface area (Å²) in [6.07, 6.45) is 2.51. The van der Waals surface area contributed by atoms with Gasteiger partial charge in [-0.1, -0.05) is 54.5 Å². The van der Waals surface area contributed by atoms with Gasteiger partial charge in [0.1, 0.15) is 11.8 Å². The van der Waals surface area contributed by atoms with E-state index in [9.17, 15) is 4.79 Å². The molecule has 6 heteroatoms. The highest BCUT2D eigenvalue weighted by Gasteiger charge is 2.37. The van der Waals surface area contributed by atoms with Crippen LogP contribution >= 0.6 is 0 Å². The second-order valence-corrected chi connectivity index (χ2v) is 7.25. The molecule has 6 nitrogen and oxygen atoms in total. The molecule has 150 valence electrons. The van der Waals surface area contributed by atoms with Crippen molar-refractivity contribution in [2.75, 3.05) is 13.7 Å². The molecule has 1 aliphatic heterocycles. The van der Waals surface area contributed by atoms with Crippen LogP contribution in [0.5, 0.6) is 5.75 Å². The van der Waals surface area contributed by atoms with Crippen LogP contribution in [0.15, 0.2) is 59.1 Å². The molecule has 0 unspecified atom stereocenters. The Hall–Kier alpha value is -3.15. The first-order valence-electron chi connectivity index (χ1n) is 10.0. The van der Waals surface area contributed by atoms with Crippen molar-refractivity contribution < 1.29 is 14.1 Å². The Morgan fingerprint density at radius 3 is 2.83 bits per heavy atom. The number of benzene rings is 2. The highest BCUT2D eigenvalue weighted by molar-refractivity contribution is 5.84. The molecule has 0 N–H and O–H groups in total. The number of carbonyl (C=O) groups excluding carboxylic acids is 1. The molecule has 1 saturated heterocycles. The maximum Gasteiger partial charge on any atom is 0.249 e. The van der Waals surface area contributed by atoms with Crippen LogP contribution in [0.2, 0.25) is 0 Å². The molecule has 1 aromatic heterocycles. The first-order valence-corrected chi connectivity index (χ1v) is 10.0. The van der Waals surface area contributed by atoms with Crippen molar-refractivity contribution in [1.29, 1.82) is 0 Å². The molecule has 2 aromatic carbocycles. The molecule has 2 atom stereocenters. The third kappa shape index (κ3) is 3.88. The quantitative estimate of drug-likeness (QED) is 0.614. The minimum absolute atomic E-state index is 0.127.